The molecule has 35 heavy (non-hydrogen) atoms. The van der Waals surface area contributed by atoms with Crippen LogP contribution in [0.4, 0.5) is 10.5 Å². The molecule has 0 fully saturated rings. The van der Waals surface area contributed by atoms with Crippen molar-refractivity contribution in [3.05, 3.63) is 58.6 Å². The van der Waals surface area contributed by atoms with E-state index in [1.807, 2.05) is 13.0 Å². The van der Waals surface area contributed by atoms with Gasteiger partial charge in [-0.1, -0.05) is 35.9 Å². The van der Waals surface area contributed by atoms with Crippen molar-refractivity contribution in [2.24, 2.45) is 0 Å². The summed E-state index contributed by atoms with van der Waals surface area (Å²) in [6.45, 7) is 12.1. The normalized spacial score (nSPS) is 13.1. The van der Waals surface area contributed by atoms with Gasteiger partial charge in [0.25, 0.3) is 5.91 Å². The van der Waals surface area contributed by atoms with Gasteiger partial charge in [0.05, 0.1) is 10.7 Å². The number of ether oxygens (including phenoxy) is 1. The van der Waals surface area contributed by atoms with Gasteiger partial charge in [-0.3, -0.25) is 9.59 Å². The molecule has 0 aliphatic carbocycles. The monoisotopic (exact) mass is 503 g/mol. The van der Waals surface area contributed by atoms with Crippen LogP contribution in [0.5, 0.6) is 5.75 Å². The quantitative estimate of drug-likeness (QED) is 0.482. The molecule has 0 aliphatic heterocycles. The molecular weight excluding hydrogens is 470 g/mol. The summed E-state index contributed by atoms with van der Waals surface area (Å²) in [5.41, 5.74) is 0.958. The first kappa shape index (κ1) is 28.0. The van der Waals surface area contributed by atoms with Crippen molar-refractivity contribution >= 4 is 35.2 Å². The first-order valence-electron chi connectivity index (χ1n) is 11.4. The van der Waals surface area contributed by atoms with Crippen LogP contribution in [0.1, 0.15) is 58.7 Å². The number of anilines is 1. The Hall–Kier alpha value is -3.26. The number of para-hydroxylation sites is 1. The lowest BCUT2D eigenvalue weighted by molar-refractivity contribution is -0.142. The summed E-state index contributed by atoms with van der Waals surface area (Å²) in [4.78, 5) is 40.9. The van der Waals surface area contributed by atoms with Crippen LogP contribution < -0.4 is 10.6 Å². The number of nitrogens with zero attached hydrogens (tertiary/aromatic N) is 1. The van der Waals surface area contributed by atoms with Gasteiger partial charge in [0.2, 0.25) is 5.91 Å². The van der Waals surface area contributed by atoms with Gasteiger partial charge in [0, 0.05) is 6.04 Å². The van der Waals surface area contributed by atoms with E-state index in [9.17, 15) is 19.5 Å². The van der Waals surface area contributed by atoms with Crippen LogP contribution in [0.25, 0.3) is 0 Å². The Labute approximate surface area is 211 Å². The maximum Gasteiger partial charge on any atom is 0.408 e. The largest absolute Gasteiger partial charge is 0.508 e. The van der Waals surface area contributed by atoms with Crippen molar-refractivity contribution < 1.29 is 24.2 Å². The van der Waals surface area contributed by atoms with Gasteiger partial charge < -0.3 is 25.4 Å². The lowest BCUT2D eigenvalue weighted by Gasteiger charge is -2.36. The SMILES string of the molecule is Cc1cccc(Cl)c1NC(=O)C(c1ccc(O)cc1)N(C(=O)C(C)NC(=O)OC(C)(C)C)C(C)C. The summed E-state index contributed by atoms with van der Waals surface area (Å²) in [6, 6.07) is 8.85. The van der Waals surface area contributed by atoms with Gasteiger partial charge in [-0.05, 0) is 77.8 Å². The fourth-order valence-corrected chi connectivity index (χ4v) is 3.80. The number of phenols is 1. The standard InChI is InChI=1S/C26H34ClN3O5/c1-15(2)30(24(33)17(4)28-25(34)35-26(5,6)7)22(18-11-13-19(31)14-12-18)23(32)29-21-16(3)9-8-10-20(21)27/h8-15,17,22,31H,1-7H3,(H,28,34)(H,29,32). The van der Waals surface area contributed by atoms with Crippen LogP contribution in [-0.4, -0.2) is 45.6 Å². The molecule has 9 heteroatoms. The predicted octanol–water partition coefficient (Wildman–Crippen LogP) is 5.18. The summed E-state index contributed by atoms with van der Waals surface area (Å²) in [5, 5.41) is 15.5. The number of alkyl carbamates (subject to hydrolysis) is 1. The van der Waals surface area contributed by atoms with E-state index in [-0.39, 0.29) is 5.75 Å². The summed E-state index contributed by atoms with van der Waals surface area (Å²) in [5.74, 6) is -0.939. The van der Waals surface area contributed by atoms with E-state index in [2.05, 4.69) is 10.6 Å². The molecule has 190 valence electrons. The zero-order chi connectivity index (χ0) is 26.5. The first-order chi connectivity index (χ1) is 16.2. The van der Waals surface area contributed by atoms with Crippen LogP contribution in [0.3, 0.4) is 0 Å². The highest BCUT2D eigenvalue weighted by molar-refractivity contribution is 6.34. The van der Waals surface area contributed by atoms with E-state index in [4.69, 9.17) is 16.3 Å². The number of carbonyl (C=O) groups excluding carboxylic acids is 3. The third kappa shape index (κ3) is 7.62. The Morgan fingerprint density at radius 3 is 2.14 bits per heavy atom. The number of hydrogen-bond donors (Lipinski definition) is 3. The topological polar surface area (TPSA) is 108 Å². The Morgan fingerprint density at radius 2 is 1.63 bits per heavy atom. The van der Waals surface area contributed by atoms with Crippen molar-refractivity contribution in [1.29, 1.82) is 0 Å². The Kier molecular flexibility index (Phi) is 9.15. The van der Waals surface area contributed by atoms with Crippen molar-refractivity contribution in [2.45, 2.75) is 72.2 Å². The highest BCUT2D eigenvalue weighted by Gasteiger charge is 2.36. The number of aryl methyl sites for hydroxylation is 1. The lowest BCUT2D eigenvalue weighted by Crippen LogP contribution is -2.53. The molecule has 2 unspecified atom stereocenters. The minimum atomic E-state index is -1.07. The Balaban J connectivity index is 2.44. The molecule has 0 saturated heterocycles. The van der Waals surface area contributed by atoms with Crippen LogP contribution in [0, 0.1) is 6.92 Å². The molecule has 0 radical (unpaired) electrons. The van der Waals surface area contributed by atoms with Crippen LogP contribution >= 0.6 is 11.6 Å². The summed E-state index contributed by atoms with van der Waals surface area (Å²) < 4.78 is 5.27. The summed E-state index contributed by atoms with van der Waals surface area (Å²) in [7, 11) is 0. The molecular formula is C26H34ClN3O5. The highest BCUT2D eigenvalue weighted by atomic mass is 35.5. The van der Waals surface area contributed by atoms with Crippen molar-refractivity contribution in [3.8, 4) is 5.75 Å². The minimum absolute atomic E-state index is 0.0252. The summed E-state index contributed by atoms with van der Waals surface area (Å²) >= 11 is 6.32. The minimum Gasteiger partial charge on any atom is -0.508 e. The fourth-order valence-electron chi connectivity index (χ4n) is 3.53. The number of carbonyl (C=O) groups is 3. The van der Waals surface area contributed by atoms with E-state index in [0.717, 1.165) is 5.56 Å². The maximum absolute atomic E-state index is 13.6. The molecule has 0 heterocycles. The second-order valence-corrected chi connectivity index (χ2v) is 10.0. The van der Waals surface area contributed by atoms with Gasteiger partial charge in [-0.15, -0.1) is 0 Å². The van der Waals surface area contributed by atoms with Crippen LogP contribution in [0.15, 0.2) is 42.5 Å². The number of rotatable bonds is 7. The molecule has 3 N–H and O–H groups in total. The average Bonchev–Trinajstić information content (AvgIpc) is 2.73. The third-order valence-electron chi connectivity index (χ3n) is 5.12. The number of amides is 3. The molecule has 0 bridgehead atoms. The number of benzene rings is 2. The number of phenolic OH excluding ortho intramolecular Hbond substituents is 1. The zero-order valence-electron chi connectivity index (χ0n) is 21.2. The number of aromatic hydroxyl groups is 1. The van der Waals surface area contributed by atoms with Crippen LogP contribution in [-0.2, 0) is 14.3 Å². The van der Waals surface area contributed by atoms with Crippen molar-refractivity contribution in [3.63, 3.8) is 0 Å². The zero-order valence-corrected chi connectivity index (χ0v) is 21.9. The first-order valence-corrected chi connectivity index (χ1v) is 11.8. The second-order valence-electron chi connectivity index (χ2n) is 9.62. The molecule has 0 saturated carbocycles. The summed E-state index contributed by atoms with van der Waals surface area (Å²) in [6.07, 6.45) is -0.737. The Morgan fingerprint density at radius 1 is 1.03 bits per heavy atom. The van der Waals surface area contributed by atoms with Gasteiger partial charge in [0.1, 0.15) is 23.4 Å². The van der Waals surface area contributed by atoms with Crippen LogP contribution in [0.2, 0.25) is 5.02 Å². The van der Waals surface area contributed by atoms with Gasteiger partial charge in [-0.2, -0.15) is 0 Å². The molecule has 0 aliphatic rings. The van der Waals surface area contributed by atoms with E-state index < -0.39 is 41.6 Å². The lowest BCUT2D eigenvalue weighted by atomic mass is 10.0. The predicted molar refractivity (Wildman–Crippen MR) is 136 cm³/mol. The average molecular weight is 504 g/mol. The molecule has 2 rings (SSSR count). The van der Waals surface area contributed by atoms with Crippen molar-refractivity contribution in [1.82, 2.24) is 10.2 Å². The molecule has 8 nitrogen and oxygen atoms in total. The molecule has 0 spiro atoms. The number of hydrogen-bond acceptors (Lipinski definition) is 5. The highest BCUT2D eigenvalue weighted by Crippen LogP contribution is 2.31. The van der Waals surface area contributed by atoms with Gasteiger partial charge in [-0.25, -0.2) is 4.79 Å². The van der Waals surface area contributed by atoms with E-state index in [1.165, 1.54) is 24.0 Å². The molecule has 2 aromatic rings. The smallest absolute Gasteiger partial charge is 0.408 e. The van der Waals surface area contributed by atoms with Crippen molar-refractivity contribution in [2.75, 3.05) is 5.32 Å². The third-order valence-corrected chi connectivity index (χ3v) is 5.43. The number of nitrogens with one attached hydrogen (secondary N) is 2. The van der Waals surface area contributed by atoms with Gasteiger partial charge in [0.15, 0.2) is 0 Å². The molecule has 0 aromatic heterocycles. The fraction of sp³-hybridized carbons (Fsp3) is 0.423. The Bertz CT molecular complexity index is 1040. The van der Waals surface area contributed by atoms with E-state index in [1.54, 1.807) is 58.9 Å². The molecule has 2 atom stereocenters. The second kappa shape index (κ2) is 11.4. The van der Waals surface area contributed by atoms with E-state index in [0.29, 0.717) is 16.3 Å². The number of halogens is 1. The maximum atomic E-state index is 13.6. The van der Waals surface area contributed by atoms with E-state index >= 15 is 0 Å². The molecule has 3 amide bonds. The molecule has 2 aromatic carbocycles. The van der Waals surface area contributed by atoms with Gasteiger partial charge >= 0.3 is 6.09 Å².